The zero-order chi connectivity index (χ0) is 17.0. The fraction of sp³-hybridized carbons (Fsp3) is 0.235. The zero-order valence-corrected chi connectivity index (χ0v) is 12.4. The smallest absolute Gasteiger partial charge is 0.305 e. The van der Waals surface area contributed by atoms with Crippen molar-refractivity contribution >= 4 is 5.97 Å². The molecule has 0 bridgehead atoms. The molecule has 1 N–H and O–H groups in total. The van der Waals surface area contributed by atoms with Crippen molar-refractivity contribution in [1.29, 1.82) is 0 Å². The Morgan fingerprint density at radius 3 is 2.39 bits per heavy atom. The maximum atomic E-state index is 13.8. The number of phenols is 1. The predicted molar refractivity (Wildman–Crippen MR) is 78.4 cm³/mol. The highest BCUT2D eigenvalue weighted by Crippen LogP contribution is 2.33. The van der Waals surface area contributed by atoms with Crippen LogP contribution in [0.4, 0.5) is 13.2 Å². The van der Waals surface area contributed by atoms with Gasteiger partial charge in [0.05, 0.1) is 7.11 Å². The van der Waals surface area contributed by atoms with Crippen LogP contribution in [0.2, 0.25) is 0 Å². The Labute approximate surface area is 131 Å². The van der Waals surface area contributed by atoms with Gasteiger partial charge in [0.15, 0.2) is 11.6 Å². The molecule has 0 radical (unpaired) electrons. The number of methoxy groups -OCH3 is 1. The molecule has 2 rings (SSSR count). The van der Waals surface area contributed by atoms with Crippen LogP contribution in [0.25, 0.3) is 11.1 Å². The number of hydrogen-bond donors (Lipinski definition) is 1. The highest BCUT2D eigenvalue weighted by Gasteiger charge is 2.14. The third kappa shape index (κ3) is 4.03. The number of aryl methyl sites for hydroxylation is 1. The molecule has 0 saturated carbocycles. The molecule has 0 fully saturated rings. The Bertz CT molecular complexity index is 729. The number of aromatic hydroxyl groups is 1. The van der Waals surface area contributed by atoms with Crippen LogP contribution in [0.15, 0.2) is 30.3 Å². The van der Waals surface area contributed by atoms with Crippen LogP contribution >= 0.6 is 0 Å². The third-order valence-corrected chi connectivity index (χ3v) is 3.44. The number of carbonyl (C=O) groups excluding carboxylic acids is 1. The van der Waals surface area contributed by atoms with Gasteiger partial charge in [-0.1, -0.05) is 12.1 Å². The summed E-state index contributed by atoms with van der Waals surface area (Å²) in [6.07, 6.45) is 1.30. The largest absolute Gasteiger partial charge is 0.507 e. The lowest BCUT2D eigenvalue weighted by atomic mass is 9.99. The fourth-order valence-corrected chi connectivity index (χ4v) is 2.23. The number of carbonyl (C=O) groups is 1. The van der Waals surface area contributed by atoms with E-state index >= 15 is 0 Å². The minimum absolute atomic E-state index is 0.0677. The van der Waals surface area contributed by atoms with E-state index in [1.54, 1.807) is 6.07 Å². The van der Waals surface area contributed by atoms with Crippen molar-refractivity contribution < 1.29 is 27.8 Å². The molecule has 0 heterocycles. The van der Waals surface area contributed by atoms with Crippen molar-refractivity contribution in [2.24, 2.45) is 0 Å². The summed E-state index contributed by atoms with van der Waals surface area (Å²) in [5.74, 6) is -4.01. The van der Waals surface area contributed by atoms with Gasteiger partial charge in [-0.25, -0.2) is 13.2 Å². The Balaban J connectivity index is 2.20. The number of benzene rings is 2. The molecule has 2 aromatic rings. The van der Waals surface area contributed by atoms with Gasteiger partial charge in [0.25, 0.3) is 0 Å². The fourth-order valence-electron chi connectivity index (χ4n) is 2.23. The molecule has 122 valence electrons. The van der Waals surface area contributed by atoms with E-state index in [9.17, 15) is 23.1 Å². The third-order valence-electron chi connectivity index (χ3n) is 3.44. The Kier molecular flexibility index (Phi) is 5.26. The summed E-state index contributed by atoms with van der Waals surface area (Å²) in [4.78, 5) is 11.0. The van der Waals surface area contributed by atoms with Crippen molar-refractivity contribution in [2.75, 3.05) is 7.11 Å². The van der Waals surface area contributed by atoms with Gasteiger partial charge in [0, 0.05) is 23.6 Å². The molecule has 6 heteroatoms. The summed E-state index contributed by atoms with van der Waals surface area (Å²) in [5.41, 5.74) is 0.582. The van der Waals surface area contributed by atoms with E-state index in [4.69, 9.17) is 0 Å². The lowest BCUT2D eigenvalue weighted by Gasteiger charge is -2.09. The molecule has 0 aliphatic carbocycles. The van der Waals surface area contributed by atoms with Crippen molar-refractivity contribution in [1.82, 2.24) is 0 Å². The van der Waals surface area contributed by atoms with Gasteiger partial charge in [0.1, 0.15) is 11.6 Å². The molecule has 0 aliphatic heterocycles. The number of halogens is 3. The first kappa shape index (κ1) is 16.9. The normalized spacial score (nSPS) is 10.6. The number of phenolic OH excluding ortho intramolecular Hbond substituents is 1. The highest BCUT2D eigenvalue weighted by atomic mass is 19.2. The van der Waals surface area contributed by atoms with Crippen molar-refractivity contribution in [2.45, 2.75) is 19.3 Å². The number of ether oxygens (including phenoxy) is 1. The molecule has 0 saturated heterocycles. The maximum absolute atomic E-state index is 13.8. The molecular formula is C17H15F3O3. The van der Waals surface area contributed by atoms with Crippen molar-refractivity contribution in [3.63, 3.8) is 0 Å². The Morgan fingerprint density at radius 2 is 1.74 bits per heavy atom. The van der Waals surface area contributed by atoms with E-state index < -0.39 is 17.5 Å². The summed E-state index contributed by atoms with van der Waals surface area (Å²) in [5, 5.41) is 10.0. The average Bonchev–Trinajstić information content (AvgIpc) is 2.51. The molecule has 23 heavy (non-hydrogen) atoms. The second kappa shape index (κ2) is 7.17. The molecule has 0 aromatic heterocycles. The summed E-state index contributed by atoms with van der Waals surface area (Å²) >= 11 is 0. The molecule has 0 unspecified atom stereocenters. The van der Waals surface area contributed by atoms with Gasteiger partial charge in [0.2, 0.25) is 0 Å². The molecule has 0 atom stereocenters. The quantitative estimate of drug-likeness (QED) is 0.668. The summed E-state index contributed by atoms with van der Waals surface area (Å²) < 4.78 is 44.5. The monoisotopic (exact) mass is 324 g/mol. The molecule has 0 amide bonds. The predicted octanol–water partition coefficient (Wildman–Crippen LogP) is 3.97. The van der Waals surface area contributed by atoms with Gasteiger partial charge < -0.3 is 9.84 Å². The zero-order valence-electron chi connectivity index (χ0n) is 12.4. The maximum Gasteiger partial charge on any atom is 0.305 e. The second-order valence-electron chi connectivity index (χ2n) is 5.03. The second-order valence-corrected chi connectivity index (χ2v) is 5.03. The molecule has 0 spiro atoms. The highest BCUT2D eigenvalue weighted by molar-refractivity contribution is 5.71. The first-order valence-electron chi connectivity index (χ1n) is 6.96. The standard InChI is InChI=1S/C17H15F3O3/c1-23-17(22)4-2-3-10-5-6-11(16(21)7-10)12-8-14(19)15(20)9-13(12)18/h5-9,21H,2-4H2,1H3. The Hall–Kier alpha value is -2.50. The van der Waals surface area contributed by atoms with Crippen molar-refractivity contribution in [3.8, 4) is 16.9 Å². The van der Waals surface area contributed by atoms with Gasteiger partial charge in [-0.05, 0) is 30.5 Å². The Morgan fingerprint density at radius 1 is 1.04 bits per heavy atom. The van der Waals surface area contributed by atoms with Gasteiger partial charge >= 0.3 is 5.97 Å². The first-order chi connectivity index (χ1) is 10.9. The molecule has 0 aliphatic rings. The lowest BCUT2D eigenvalue weighted by molar-refractivity contribution is -0.140. The SMILES string of the molecule is COC(=O)CCCc1ccc(-c2cc(F)c(F)cc2F)c(O)c1. The van der Waals surface area contributed by atoms with E-state index in [0.717, 1.165) is 5.56 Å². The van der Waals surface area contributed by atoms with Crippen LogP contribution in [0, 0.1) is 17.5 Å². The van der Waals surface area contributed by atoms with Crippen LogP contribution in [0.1, 0.15) is 18.4 Å². The van der Waals surface area contributed by atoms with E-state index in [2.05, 4.69) is 4.74 Å². The van der Waals surface area contributed by atoms with E-state index in [1.807, 2.05) is 0 Å². The topological polar surface area (TPSA) is 46.5 Å². The molecular weight excluding hydrogens is 309 g/mol. The van der Waals surface area contributed by atoms with Crippen LogP contribution in [-0.4, -0.2) is 18.2 Å². The minimum Gasteiger partial charge on any atom is -0.507 e. The summed E-state index contributed by atoms with van der Waals surface area (Å²) in [6.45, 7) is 0. The van der Waals surface area contributed by atoms with Gasteiger partial charge in [-0.2, -0.15) is 0 Å². The van der Waals surface area contributed by atoms with E-state index in [1.165, 1.54) is 19.2 Å². The molecule has 3 nitrogen and oxygen atoms in total. The van der Waals surface area contributed by atoms with Gasteiger partial charge in [-0.15, -0.1) is 0 Å². The number of rotatable bonds is 5. The number of esters is 1. The lowest BCUT2D eigenvalue weighted by Crippen LogP contribution is -2.00. The first-order valence-corrected chi connectivity index (χ1v) is 6.96. The average molecular weight is 324 g/mol. The van der Waals surface area contributed by atoms with Crippen LogP contribution in [-0.2, 0) is 16.0 Å². The minimum atomic E-state index is -1.29. The van der Waals surface area contributed by atoms with Crippen LogP contribution in [0.5, 0.6) is 5.75 Å². The van der Waals surface area contributed by atoms with Crippen LogP contribution in [0.3, 0.4) is 0 Å². The van der Waals surface area contributed by atoms with Gasteiger partial charge in [-0.3, -0.25) is 4.79 Å². The summed E-state index contributed by atoms with van der Waals surface area (Å²) in [7, 11) is 1.30. The van der Waals surface area contributed by atoms with Crippen molar-refractivity contribution in [3.05, 3.63) is 53.3 Å². The molecule has 2 aromatic carbocycles. The van der Waals surface area contributed by atoms with Crippen LogP contribution < -0.4 is 0 Å². The summed E-state index contributed by atoms with van der Waals surface area (Å²) in [6, 6.07) is 5.62. The number of hydrogen-bond acceptors (Lipinski definition) is 3. The van der Waals surface area contributed by atoms with E-state index in [-0.39, 0.29) is 29.3 Å². The van der Waals surface area contributed by atoms with E-state index in [0.29, 0.717) is 25.0 Å².